The summed E-state index contributed by atoms with van der Waals surface area (Å²) in [5.74, 6) is 0.705. The van der Waals surface area contributed by atoms with Gasteiger partial charge in [0, 0.05) is 17.2 Å². The fourth-order valence-corrected chi connectivity index (χ4v) is 1.73. The molecule has 1 aromatic carbocycles. The molecule has 0 amide bonds. The van der Waals surface area contributed by atoms with Gasteiger partial charge in [0.25, 0.3) is 0 Å². The van der Waals surface area contributed by atoms with Crippen molar-refractivity contribution in [3.05, 3.63) is 29.6 Å². The molecule has 0 atom stereocenters. The summed E-state index contributed by atoms with van der Waals surface area (Å²) in [6, 6.07) is 4.82. The predicted molar refractivity (Wildman–Crippen MR) is 50.9 cm³/mol. The van der Waals surface area contributed by atoms with Gasteiger partial charge in [-0.25, -0.2) is 4.39 Å². The zero-order valence-corrected chi connectivity index (χ0v) is 7.83. The summed E-state index contributed by atoms with van der Waals surface area (Å²) in [5.41, 5.74) is 6.34. The Balaban J connectivity index is 2.72. The minimum Gasteiger partial charge on any atom is -0.330 e. The van der Waals surface area contributed by atoms with Crippen LogP contribution in [0.15, 0.2) is 23.1 Å². The standard InChI is InChI=1S/C9H12FNS/c1-7-6-8(10)2-3-9(7)12-5-4-11/h2-3,6H,4-5,11H2,1H3. The van der Waals surface area contributed by atoms with E-state index in [9.17, 15) is 4.39 Å². The molecule has 0 aliphatic heterocycles. The molecule has 3 heteroatoms. The largest absolute Gasteiger partial charge is 0.330 e. The first-order valence-electron chi connectivity index (χ1n) is 3.83. The monoisotopic (exact) mass is 185 g/mol. The third-order valence-electron chi connectivity index (χ3n) is 1.51. The van der Waals surface area contributed by atoms with Crippen molar-refractivity contribution in [1.82, 2.24) is 0 Å². The normalized spacial score (nSPS) is 10.2. The molecule has 0 heterocycles. The second-order valence-electron chi connectivity index (χ2n) is 2.55. The summed E-state index contributed by atoms with van der Waals surface area (Å²) >= 11 is 1.66. The van der Waals surface area contributed by atoms with Crippen LogP contribution in [0.25, 0.3) is 0 Å². The van der Waals surface area contributed by atoms with E-state index in [0.29, 0.717) is 6.54 Å². The van der Waals surface area contributed by atoms with Crippen LogP contribution < -0.4 is 5.73 Å². The number of hydrogen-bond acceptors (Lipinski definition) is 2. The summed E-state index contributed by atoms with van der Waals surface area (Å²) in [6.07, 6.45) is 0. The minimum absolute atomic E-state index is 0.176. The van der Waals surface area contributed by atoms with Crippen LogP contribution in [0, 0.1) is 12.7 Å². The van der Waals surface area contributed by atoms with E-state index in [2.05, 4.69) is 0 Å². The Bertz CT molecular complexity index is 263. The highest BCUT2D eigenvalue weighted by molar-refractivity contribution is 7.99. The fourth-order valence-electron chi connectivity index (χ4n) is 0.944. The summed E-state index contributed by atoms with van der Waals surface area (Å²) in [4.78, 5) is 1.11. The summed E-state index contributed by atoms with van der Waals surface area (Å²) in [7, 11) is 0. The fraction of sp³-hybridized carbons (Fsp3) is 0.333. The Morgan fingerprint density at radius 2 is 2.25 bits per heavy atom. The van der Waals surface area contributed by atoms with Crippen LogP contribution in [-0.2, 0) is 0 Å². The molecule has 0 aliphatic carbocycles. The lowest BCUT2D eigenvalue weighted by atomic mass is 10.2. The molecule has 0 aliphatic rings. The lowest BCUT2D eigenvalue weighted by Gasteiger charge is -2.03. The number of aryl methyl sites for hydroxylation is 1. The molecule has 0 bridgehead atoms. The van der Waals surface area contributed by atoms with Crippen molar-refractivity contribution in [3.8, 4) is 0 Å². The van der Waals surface area contributed by atoms with Gasteiger partial charge in [-0.15, -0.1) is 11.8 Å². The van der Waals surface area contributed by atoms with Crippen LogP contribution in [0.2, 0.25) is 0 Å². The quantitative estimate of drug-likeness (QED) is 0.730. The van der Waals surface area contributed by atoms with Crippen molar-refractivity contribution in [2.45, 2.75) is 11.8 Å². The number of hydrogen-bond donors (Lipinski definition) is 1. The highest BCUT2D eigenvalue weighted by Crippen LogP contribution is 2.21. The van der Waals surface area contributed by atoms with Gasteiger partial charge in [-0.1, -0.05) is 0 Å². The van der Waals surface area contributed by atoms with Crippen molar-refractivity contribution in [2.24, 2.45) is 5.73 Å². The highest BCUT2D eigenvalue weighted by Gasteiger charge is 1.99. The summed E-state index contributed by atoms with van der Waals surface area (Å²) in [5, 5.41) is 0. The molecule has 0 saturated heterocycles. The van der Waals surface area contributed by atoms with Crippen molar-refractivity contribution in [3.63, 3.8) is 0 Å². The summed E-state index contributed by atoms with van der Waals surface area (Å²) < 4.78 is 12.6. The van der Waals surface area contributed by atoms with Crippen LogP contribution in [0.5, 0.6) is 0 Å². The zero-order chi connectivity index (χ0) is 8.97. The molecule has 0 radical (unpaired) electrons. The van der Waals surface area contributed by atoms with E-state index >= 15 is 0 Å². The van der Waals surface area contributed by atoms with Crippen LogP contribution in [0.3, 0.4) is 0 Å². The smallest absolute Gasteiger partial charge is 0.123 e. The van der Waals surface area contributed by atoms with Gasteiger partial charge in [0.2, 0.25) is 0 Å². The topological polar surface area (TPSA) is 26.0 Å². The molecule has 1 nitrogen and oxygen atoms in total. The van der Waals surface area contributed by atoms with Gasteiger partial charge in [0.15, 0.2) is 0 Å². The first-order chi connectivity index (χ1) is 5.74. The van der Waals surface area contributed by atoms with Crippen molar-refractivity contribution < 1.29 is 4.39 Å². The van der Waals surface area contributed by atoms with Gasteiger partial charge < -0.3 is 5.73 Å². The lowest BCUT2D eigenvalue weighted by Crippen LogP contribution is -2.01. The average Bonchev–Trinajstić information content (AvgIpc) is 2.03. The second-order valence-corrected chi connectivity index (χ2v) is 3.68. The summed E-state index contributed by atoms with van der Waals surface area (Å²) in [6.45, 7) is 2.56. The molecule has 0 fully saturated rings. The minimum atomic E-state index is -0.176. The van der Waals surface area contributed by atoms with E-state index in [4.69, 9.17) is 5.73 Å². The third kappa shape index (κ3) is 2.50. The predicted octanol–water partition coefficient (Wildman–Crippen LogP) is 2.18. The van der Waals surface area contributed by atoms with E-state index in [1.165, 1.54) is 6.07 Å². The van der Waals surface area contributed by atoms with Crippen molar-refractivity contribution in [2.75, 3.05) is 12.3 Å². The molecule has 0 aromatic heterocycles. The Hall–Kier alpha value is -0.540. The van der Waals surface area contributed by atoms with Crippen LogP contribution in [0.1, 0.15) is 5.56 Å². The number of nitrogens with two attached hydrogens (primary N) is 1. The number of thioether (sulfide) groups is 1. The van der Waals surface area contributed by atoms with Crippen molar-refractivity contribution in [1.29, 1.82) is 0 Å². The molecule has 0 spiro atoms. The van der Waals surface area contributed by atoms with Crippen LogP contribution in [-0.4, -0.2) is 12.3 Å². The van der Waals surface area contributed by atoms with E-state index < -0.39 is 0 Å². The van der Waals surface area contributed by atoms with E-state index in [1.54, 1.807) is 23.9 Å². The molecule has 1 aromatic rings. The number of benzene rings is 1. The second kappa shape index (κ2) is 4.48. The lowest BCUT2D eigenvalue weighted by molar-refractivity contribution is 0.625. The van der Waals surface area contributed by atoms with Crippen molar-refractivity contribution >= 4 is 11.8 Å². The Labute approximate surface area is 76.2 Å². The van der Waals surface area contributed by atoms with Gasteiger partial charge in [-0.2, -0.15) is 0 Å². The number of rotatable bonds is 3. The molecule has 1 rings (SSSR count). The van der Waals surface area contributed by atoms with Crippen LogP contribution >= 0.6 is 11.8 Å². The molecule has 2 N–H and O–H groups in total. The average molecular weight is 185 g/mol. The SMILES string of the molecule is Cc1cc(F)ccc1SCCN. The van der Waals surface area contributed by atoms with Gasteiger partial charge in [-0.3, -0.25) is 0 Å². The Morgan fingerprint density at radius 3 is 2.83 bits per heavy atom. The first kappa shape index (κ1) is 9.55. The molecular formula is C9H12FNS. The van der Waals surface area contributed by atoms with E-state index in [-0.39, 0.29) is 5.82 Å². The molecule has 66 valence electrons. The van der Waals surface area contributed by atoms with E-state index in [1.807, 2.05) is 6.92 Å². The maximum Gasteiger partial charge on any atom is 0.123 e. The molecule has 0 saturated carbocycles. The van der Waals surface area contributed by atoms with E-state index in [0.717, 1.165) is 16.2 Å². The van der Waals surface area contributed by atoms with Crippen LogP contribution in [0.4, 0.5) is 4.39 Å². The maximum atomic E-state index is 12.6. The first-order valence-corrected chi connectivity index (χ1v) is 4.81. The Morgan fingerprint density at radius 1 is 1.50 bits per heavy atom. The maximum absolute atomic E-state index is 12.6. The number of halogens is 1. The van der Waals surface area contributed by atoms with Gasteiger partial charge in [0.1, 0.15) is 5.82 Å². The molecule has 12 heavy (non-hydrogen) atoms. The molecule has 0 unspecified atom stereocenters. The van der Waals surface area contributed by atoms with Gasteiger partial charge in [0.05, 0.1) is 0 Å². The third-order valence-corrected chi connectivity index (χ3v) is 2.72. The molecular weight excluding hydrogens is 173 g/mol. The zero-order valence-electron chi connectivity index (χ0n) is 7.01. The van der Waals surface area contributed by atoms with Gasteiger partial charge in [-0.05, 0) is 30.7 Å². The highest BCUT2D eigenvalue weighted by atomic mass is 32.2. The Kier molecular flexibility index (Phi) is 3.56. The van der Waals surface area contributed by atoms with Gasteiger partial charge >= 0.3 is 0 Å².